The van der Waals surface area contributed by atoms with E-state index in [9.17, 15) is 0 Å². The maximum Gasteiger partial charge on any atom is 0.0276 e. The molecule has 0 saturated carbocycles. The van der Waals surface area contributed by atoms with Crippen LogP contribution in [0.3, 0.4) is 0 Å². The van der Waals surface area contributed by atoms with Crippen LogP contribution in [-0.4, -0.2) is 0 Å². The Morgan fingerprint density at radius 1 is 1.25 bits per heavy atom. The lowest BCUT2D eigenvalue weighted by Crippen LogP contribution is -1.52. The van der Waals surface area contributed by atoms with Crippen LogP contribution in [0.1, 0.15) is 27.7 Å². The molecule has 0 nitrogen and oxygen atoms in total. The van der Waals surface area contributed by atoms with E-state index in [0.717, 1.165) is 16.1 Å². The van der Waals surface area contributed by atoms with E-state index in [4.69, 9.17) is 5.69 Å². The quantitative estimate of drug-likeness (QED) is 0.549. The minimum absolute atomic E-state index is 0.838. The van der Waals surface area contributed by atoms with E-state index in [1.807, 2.05) is 27.7 Å². The highest BCUT2D eigenvalue weighted by Gasteiger charge is 1.70. The summed E-state index contributed by atoms with van der Waals surface area (Å²) in [6, 6.07) is 0. The van der Waals surface area contributed by atoms with Crippen LogP contribution in [0.15, 0.2) is 36.3 Å². The first-order valence-electron chi connectivity index (χ1n) is 4.16. The maximum atomic E-state index is 5.14. The van der Waals surface area contributed by atoms with Crippen molar-refractivity contribution in [3.8, 4) is 5.69 Å². The number of rotatable bonds is 2. The third-order valence-electron chi connectivity index (χ3n) is 0.570. The van der Waals surface area contributed by atoms with Gasteiger partial charge in [-0.15, -0.1) is 16.9 Å². The molecule has 70 valence electrons. The molecule has 0 saturated heterocycles. The predicted octanol–water partition coefficient (Wildman–Crippen LogP) is 4.62. The summed E-state index contributed by atoms with van der Waals surface area (Å²) in [7, 11) is 0. The standard InChI is InChI=1S/C7H8S.2C2H6/c1-4-5-6-7(2)8-3;2*1-2/h3-6H,1-2H2;2*1-2H3/b6-5-;;. The van der Waals surface area contributed by atoms with Crippen LogP contribution in [-0.2, 0) is 0 Å². The Morgan fingerprint density at radius 2 is 1.67 bits per heavy atom. The minimum atomic E-state index is 0.838. The first kappa shape index (κ1) is 17.3. The van der Waals surface area contributed by atoms with Gasteiger partial charge in [-0.3, -0.25) is 0 Å². The Hall–Kier alpha value is -0.780. The Balaban J connectivity index is -0.000000175. The molecule has 1 heteroatoms. The summed E-state index contributed by atoms with van der Waals surface area (Å²) >= 11 is 1.14. The van der Waals surface area contributed by atoms with Gasteiger partial charge < -0.3 is 0 Å². The summed E-state index contributed by atoms with van der Waals surface area (Å²) in [6.45, 7) is 15.1. The van der Waals surface area contributed by atoms with E-state index in [1.165, 1.54) is 0 Å². The van der Waals surface area contributed by atoms with Gasteiger partial charge in [-0.05, 0) is 6.08 Å². The molecule has 0 aromatic rings. The fourth-order valence-corrected chi connectivity index (χ4v) is 0.372. The van der Waals surface area contributed by atoms with Crippen molar-refractivity contribution in [3.05, 3.63) is 36.3 Å². The summed E-state index contributed by atoms with van der Waals surface area (Å²) in [6.07, 6.45) is 5.28. The lowest BCUT2D eigenvalue weighted by molar-refractivity contribution is 1.50. The van der Waals surface area contributed by atoms with Gasteiger partial charge in [-0.1, -0.05) is 53.0 Å². The van der Waals surface area contributed by atoms with Crippen molar-refractivity contribution in [2.75, 3.05) is 0 Å². The molecule has 0 aliphatic carbocycles. The van der Waals surface area contributed by atoms with Crippen molar-refractivity contribution in [2.24, 2.45) is 0 Å². The summed E-state index contributed by atoms with van der Waals surface area (Å²) in [4.78, 5) is 0.838. The molecule has 0 atom stereocenters. The molecule has 0 unspecified atom stereocenters. The average molecular weight is 184 g/mol. The molecule has 0 fully saturated rings. The van der Waals surface area contributed by atoms with Gasteiger partial charge >= 0.3 is 0 Å². The Bertz CT molecular complexity index is 158. The largest absolute Gasteiger partial charge is 0.102 e. The SMILES string of the molecule is C#SC(=C)/C=C\C=C.CC.CC. The summed E-state index contributed by atoms with van der Waals surface area (Å²) in [5.41, 5.74) is 5.14. The van der Waals surface area contributed by atoms with Gasteiger partial charge in [0, 0.05) is 4.91 Å². The Kier molecular flexibility index (Phi) is 32.5. The normalized spacial score (nSPS) is 6.92. The highest BCUT2D eigenvalue weighted by Crippen LogP contribution is 1.99. The Labute approximate surface area is 81.3 Å². The summed E-state index contributed by atoms with van der Waals surface area (Å²) < 4.78 is 0. The second-order valence-corrected chi connectivity index (χ2v) is 1.94. The van der Waals surface area contributed by atoms with Crippen LogP contribution >= 0.6 is 11.2 Å². The molecule has 0 N–H and O–H groups in total. The molecule has 0 radical (unpaired) electrons. The van der Waals surface area contributed by atoms with Gasteiger partial charge in [0.2, 0.25) is 0 Å². The van der Waals surface area contributed by atoms with Crippen LogP contribution in [0.25, 0.3) is 0 Å². The maximum absolute atomic E-state index is 5.14. The highest BCUT2D eigenvalue weighted by atomic mass is 32.1. The van der Waals surface area contributed by atoms with Gasteiger partial charge in [0.25, 0.3) is 0 Å². The van der Waals surface area contributed by atoms with E-state index in [0.29, 0.717) is 0 Å². The van der Waals surface area contributed by atoms with Crippen molar-refractivity contribution in [2.45, 2.75) is 27.7 Å². The lowest BCUT2D eigenvalue weighted by Gasteiger charge is -1.77. The smallest absolute Gasteiger partial charge is 0.0276 e. The monoisotopic (exact) mass is 184 g/mol. The van der Waals surface area contributed by atoms with Crippen molar-refractivity contribution in [3.63, 3.8) is 0 Å². The van der Waals surface area contributed by atoms with Crippen LogP contribution in [0, 0.1) is 5.69 Å². The molecule has 0 aliphatic heterocycles. The fourth-order valence-electron chi connectivity index (χ4n) is 0.215. The van der Waals surface area contributed by atoms with E-state index >= 15 is 0 Å². The van der Waals surface area contributed by atoms with Crippen molar-refractivity contribution in [1.29, 1.82) is 0 Å². The van der Waals surface area contributed by atoms with Crippen molar-refractivity contribution >= 4 is 11.2 Å². The number of hydrogen-bond donors (Lipinski definition) is 0. The number of hydrogen-bond acceptors (Lipinski definition) is 0. The average Bonchev–Trinajstić information content (AvgIpc) is 2.20. The molecule has 0 bridgehead atoms. The summed E-state index contributed by atoms with van der Waals surface area (Å²) in [5.74, 6) is 0. The van der Waals surface area contributed by atoms with Crippen LogP contribution < -0.4 is 0 Å². The van der Waals surface area contributed by atoms with E-state index in [2.05, 4.69) is 13.2 Å². The Morgan fingerprint density at radius 3 is 1.92 bits per heavy atom. The predicted molar refractivity (Wildman–Crippen MR) is 63.7 cm³/mol. The zero-order valence-electron chi connectivity index (χ0n) is 8.63. The van der Waals surface area contributed by atoms with E-state index < -0.39 is 0 Å². The molecular weight excluding hydrogens is 164 g/mol. The van der Waals surface area contributed by atoms with Crippen LogP contribution in [0.5, 0.6) is 0 Å². The van der Waals surface area contributed by atoms with Gasteiger partial charge in [0.05, 0.1) is 0 Å². The first-order valence-corrected chi connectivity index (χ1v) is 5.04. The molecule has 0 rings (SSSR count). The van der Waals surface area contributed by atoms with Crippen LogP contribution in [0.4, 0.5) is 0 Å². The molecule has 0 aromatic heterocycles. The minimum Gasteiger partial charge on any atom is -0.102 e. The molecule has 0 amide bonds. The van der Waals surface area contributed by atoms with E-state index in [1.54, 1.807) is 18.2 Å². The molecule has 0 spiro atoms. The van der Waals surface area contributed by atoms with Gasteiger partial charge in [-0.2, -0.15) is 0 Å². The third kappa shape index (κ3) is 22.9. The third-order valence-corrected chi connectivity index (χ3v) is 1.01. The van der Waals surface area contributed by atoms with Crippen LogP contribution in [0.2, 0.25) is 0 Å². The topological polar surface area (TPSA) is 0 Å². The zero-order chi connectivity index (χ0) is 10.4. The second kappa shape index (κ2) is 22.5. The summed E-state index contributed by atoms with van der Waals surface area (Å²) in [5, 5.41) is 0. The fraction of sp³-hybridized carbons (Fsp3) is 0.364. The van der Waals surface area contributed by atoms with Crippen molar-refractivity contribution < 1.29 is 0 Å². The second-order valence-electron chi connectivity index (χ2n) is 1.18. The lowest BCUT2D eigenvalue weighted by atomic mass is 10.5. The molecule has 0 heterocycles. The van der Waals surface area contributed by atoms with E-state index in [-0.39, 0.29) is 0 Å². The van der Waals surface area contributed by atoms with Crippen molar-refractivity contribution in [1.82, 2.24) is 0 Å². The molecule has 0 aliphatic rings. The first-order chi connectivity index (χ1) is 5.81. The van der Waals surface area contributed by atoms with Gasteiger partial charge in [-0.25, -0.2) is 0 Å². The molecule has 12 heavy (non-hydrogen) atoms. The molecular formula is C11H20S. The van der Waals surface area contributed by atoms with Gasteiger partial charge in [0.1, 0.15) is 0 Å². The highest BCUT2D eigenvalue weighted by molar-refractivity contribution is 7.92. The van der Waals surface area contributed by atoms with Gasteiger partial charge in [0.15, 0.2) is 0 Å². The zero-order valence-corrected chi connectivity index (χ0v) is 9.45. The molecule has 0 aromatic carbocycles. The number of allylic oxidation sites excluding steroid dienone is 3.